The Bertz CT molecular complexity index is 403. The SMILES string of the molecule is CCCC(C)C(=O)NCC(=O)OCc1ccccc1. The van der Waals surface area contributed by atoms with E-state index >= 15 is 0 Å². The first-order chi connectivity index (χ1) is 9.13. The molecule has 104 valence electrons. The average Bonchev–Trinajstić information content (AvgIpc) is 2.43. The van der Waals surface area contributed by atoms with Gasteiger partial charge in [0, 0.05) is 5.92 Å². The van der Waals surface area contributed by atoms with Gasteiger partial charge in [0.1, 0.15) is 13.2 Å². The van der Waals surface area contributed by atoms with Gasteiger partial charge in [0.25, 0.3) is 0 Å². The highest BCUT2D eigenvalue weighted by atomic mass is 16.5. The van der Waals surface area contributed by atoms with Crippen LogP contribution in [0.4, 0.5) is 0 Å². The molecule has 0 aliphatic heterocycles. The molecule has 1 aromatic rings. The number of hydrogen-bond acceptors (Lipinski definition) is 3. The maximum absolute atomic E-state index is 11.6. The summed E-state index contributed by atoms with van der Waals surface area (Å²) in [6.45, 7) is 4.05. The van der Waals surface area contributed by atoms with Crippen molar-refractivity contribution in [2.45, 2.75) is 33.3 Å². The van der Waals surface area contributed by atoms with Crippen LogP contribution in [0.1, 0.15) is 32.3 Å². The topological polar surface area (TPSA) is 55.4 Å². The van der Waals surface area contributed by atoms with Crippen molar-refractivity contribution < 1.29 is 14.3 Å². The van der Waals surface area contributed by atoms with Crippen LogP contribution < -0.4 is 5.32 Å². The van der Waals surface area contributed by atoms with E-state index in [1.165, 1.54) is 0 Å². The lowest BCUT2D eigenvalue weighted by molar-refractivity contribution is -0.145. The number of amides is 1. The van der Waals surface area contributed by atoms with Gasteiger partial charge in [0.2, 0.25) is 5.91 Å². The summed E-state index contributed by atoms with van der Waals surface area (Å²) in [5.74, 6) is -0.577. The Kier molecular flexibility index (Phi) is 6.64. The van der Waals surface area contributed by atoms with E-state index in [0.29, 0.717) is 0 Å². The molecule has 0 aliphatic rings. The van der Waals surface area contributed by atoms with Gasteiger partial charge in [0.05, 0.1) is 0 Å². The molecule has 0 aromatic heterocycles. The van der Waals surface area contributed by atoms with Gasteiger partial charge in [-0.05, 0) is 12.0 Å². The van der Waals surface area contributed by atoms with E-state index in [1.807, 2.05) is 44.2 Å². The van der Waals surface area contributed by atoms with Crippen LogP contribution >= 0.6 is 0 Å². The molecule has 1 amide bonds. The van der Waals surface area contributed by atoms with Gasteiger partial charge in [0.15, 0.2) is 0 Å². The molecular formula is C15H21NO3. The third-order valence-corrected chi connectivity index (χ3v) is 2.82. The van der Waals surface area contributed by atoms with Crippen molar-refractivity contribution in [3.8, 4) is 0 Å². The van der Waals surface area contributed by atoms with E-state index in [0.717, 1.165) is 18.4 Å². The highest BCUT2D eigenvalue weighted by molar-refractivity contribution is 5.83. The lowest BCUT2D eigenvalue weighted by Gasteiger charge is -2.10. The second kappa shape index (κ2) is 8.29. The molecule has 0 heterocycles. The van der Waals surface area contributed by atoms with Gasteiger partial charge in [-0.25, -0.2) is 0 Å². The van der Waals surface area contributed by atoms with Crippen molar-refractivity contribution in [3.05, 3.63) is 35.9 Å². The van der Waals surface area contributed by atoms with Crippen molar-refractivity contribution in [2.75, 3.05) is 6.54 Å². The second-order valence-corrected chi connectivity index (χ2v) is 4.55. The first kappa shape index (κ1) is 15.2. The molecule has 1 N–H and O–H groups in total. The number of rotatable bonds is 7. The Balaban J connectivity index is 2.23. The van der Waals surface area contributed by atoms with Crippen molar-refractivity contribution in [3.63, 3.8) is 0 Å². The van der Waals surface area contributed by atoms with Crippen LogP contribution in [0.15, 0.2) is 30.3 Å². The number of ether oxygens (including phenoxy) is 1. The van der Waals surface area contributed by atoms with Gasteiger partial charge in [-0.1, -0.05) is 50.6 Å². The molecule has 0 bridgehead atoms. The molecule has 1 aromatic carbocycles. The predicted molar refractivity (Wildman–Crippen MR) is 73.3 cm³/mol. The smallest absolute Gasteiger partial charge is 0.325 e. The van der Waals surface area contributed by atoms with Crippen LogP contribution in [-0.2, 0) is 20.9 Å². The van der Waals surface area contributed by atoms with E-state index in [9.17, 15) is 9.59 Å². The number of esters is 1. The zero-order valence-electron chi connectivity index (χ0n) is 11.5. The summed E-state index contributed by atoms with van der Waals surface area (Å²) < 4.78 is 5.06. The van der Waals surface area contributed by atoms with Crippen molar-refractivity contribution in [1.82, 2.24) is 5.32 Å². The molecular weight excluding hydrogens is 242 g/mol. The normalized spacial score (nSPS) is 11.7. The maximum atomic E-state index is 11.6. The van der Waals surface area contributed by atoms with Crippen LogP contribution in [0.2, 0.25) is 0 Å². The Labute approximate surface area is 114 Å². The summed E-state index contributed by atoms with van der Waals surface area (Å²) in [7, 11) is 0. The van der Waals surface area contributed by atoms with Crippen molar-refractivity contribution in [2.24, 2.45) is 5.92 Å². The Hall–Kier alpha value is -1.84. The Morgan fingerprint density at radius 2 is 1.95 bits per heavy atom. The predicted octanol–water partition coefficient (Wildman–Crippen LogP) is 2.28. The van der Waals surface area contributed by atoms with Crippen LogP contribution in [0, 0.1) is 5.92 Å². The highest BCUT2D eigenvalue weighted by Gasteiger charge is 2.13. The minimum Gasteiger partial charge on any atom is -0.460 e. The molecule has 4 nitrogen and oxygen atoms in total. The quantitative estimate of drug-likeness (QED) is 0.768. The van der Waals surface area contributed by atoms with Gasteiger partial charge in [-0.15, -0.1) is 0 Å². The molecule has 0 spiro atoms. The average molecular weight is 263 g/mol. The number of benzene rings is 1. The summed E-state index contributed by atoms with van der Waals surface area (Å²) in [6, 6.07) is 9.44. The van der Waals surface area contributed by atoms with E-state index in [-0.39, 0.29) is 25.0 Å². The summed E-state index contributed by atoms with van der Waals surface area (Å²) in [5.41, 5.74) is 0.932. The summed E-state index contributed by atoms with van der Waals surface area (Å²) in [4.78, 5) is 23.1. The highest BCUT2D eigenvalue weighted by Crippen LogP contribution is 2.04. The number of carbonyl (C=O) groups is 2. The largest absolute Gasteiger partial charge is 0.460 e. The Morgan fingerprint density at radius 3 is 2.58 bits per heavy atom. The van der Waals surface area contributed by atoms with Crippen LogP contribution in [0.25, 0.3) is 0 Å². The third kappa shape index (κ3) is 6.04. The fourth-order valence-corrected chi connectivity index (χ4v) is 1.69. The van der Waals surface area contributed by atoms with E-state index in [1.54, 1.807) is 0 Å². The van der Waals surface area contributed by atoms with Gasteiger partial charge in [-0.2, -0.15) is 0 Å². The summed E-state index contributed by atoms with van der Waals surface area (Å²) >= 11 is 0. The Morgan fingerprint density at radius 1 is 1.26 bits per heavy atom. The molecule has 0 fully saturated rings. The molecule has 0 aliphatic carbocycles. The van der Waals surface area contributed by atoms with E-state index < -0.39 is 5.97 Å². The molecule has 0 saturated heterocycles. The van der Waals surface area contributed by atoms with Crippen molar-refractivity contribution >= 4 is 11.9 Å². The zero-order valence-corrected chi connectivity index (χ0v) is 11.5. The van der Waals surface area contributed by atoms with Crippen LogP contribution in [0.5, 0.6) is 0 Å². The number of hydrogen-bond donors (Lipinski definition) is 1. The zero-order chi connectivity index (χ0) is 14.1. The number of nitrogens with one attached hydrogen (secondary N) is 1. The molecule has 1 rings (SSSR count). The summed E-state index contributed by atoms with van der Waals surface area (Å²) in [6.07, 6.45) is 1.78. The first-order valence-electron chi connectivity index (χ1n) is 6.60. The number of carbonyl (C=O) groups excluding carboxylic acids is 2. The standard InChI is InChI=1S/C15H21NO3/c1-3-7-12(2)15(18)16-10-14(17)19-11-13-8-5-4-6-9-13/h4-6,8-9,12H,3,7,10-11H2,1-2H3,(H,16,18). The van der Waals surface area contributed by atoms with E-state index in [4.69, 9.17) is 4.74 Å². The molecule has 1 atom stereocenters. The fourth-order valence-electron chi connectivity index (χ4n) is 1.69. The van der Waals surface area contributed by atoms with Gasteiger partial charge in [-0.3, -0.25) is 9.59 Å². The maximum Gasteiger partial charge on any atom is 0.325 e. The monoisotopic (exact) mass is 263 g/mol. The lowest BCUT2D eigenvalue weighted by Crippen LogP contribution is -2.34. The first-order valence-corrected chi connectivity index (χ1v) is 6.60. The van der Waals surface area contributed by atoms with Crippen LogP contribution in [0.3, 0.4) is 0 Å². The minimum atomic E-state index is -0.416. The van der Waals surface area contributed by atoms with E-state index in [2.05, 4.69) is 5.32 Å². The second-order valence-electron chi connectivity index (χ2n) is 4.55. The fraction of sp³-hybridized carbons (Fsp3) is 0.467. The molecule has 19 heavy (non-hydrogen) atoms. The molecule has 0 saturated carbocycles. The van der Waals surface area contributed by atoms with Crippen LogP contribution in [-0.4, -0.2) is 18.4 Å². The molecule has 4 heteroatoms. The van der Waals surface area contributed by atoms with Crippen molar-refractivity contribution in [1.29, 1.82) is 0 Å². The minimum absolute atomic E-state index is 0.0630. The van der Waals surface area contributed by atoms with Gasteiger partial charge < -0.3 is 10.1 Å². The lowest BCUT2D eigenvalue weighted by atomic mass is 10.1. The summed E-state index contributed by atoms with van der Waals surface area (Å²) in [5, 5.41) is 2.59. The third-order valence-electron chi connectivity index (χ3n) is 2.82. The molecule has 0 radical (unpaired) electrons. The molecule has 1 unspecified atom stereocenters. The van der Waals surface area contributed by atoms with Gasteiger partial charge >= 0.3 is 5.97 Å².